The summed E-state index contributed by atoms with van der Waals surface area (Å²) in [4.78, 5) is 19.2. The van der Waals surface area contributed by atoms with E-state index in [9.17, 15) is 14.4 Å². The Morgan fingerprint density at radius 1 is 1.40 bits per heavy atom. The summed E-state index contributed by atoms with van der Waals surface area (Å²) >= 11 is 0. The predicted octanol–water partition coefficient (Wildman–Crippen LogP) is -2.21. The number of hydrogen-bond donors (Lipinski definition) is 1. The summed E-state index contributed by atoms with van der Waals surface area (Å²) < 4.78 is 13.3. The van der Waals surface area contributed by atoms with Crippen molar-refractivity contribution >= 4 is 7.82 Å². The SMILES string of the molecule is NCCOP(=O)([O-])[O-].[Ag+].[Ag+]. The molecular formula is C2H6Ag2NO4P. The number of hydrogen-bond acceptors (Lipinski definition) is 5. The molecule has 8 heteroatoms. The molecule has 2 N–H and O–H groups in total. The molecule has 0 saturated heterocycles. The van der Waals surface area contributed by atoms with Gasteiger partial charge in [-0.2, -0.15) is 0 Å². The van der Waals surface area contributed by atoms with E-state index in [-0.39, 0.29) is 57.9 Å². The van der Waals surface area contributed by atoms with Crippen LogP contribution < -0.4 is 15.5 Å². The van der Waals surface area contributed by atoms with Crippen LogP contribution in [0.25, 0.3) is 0 Å². The number of phosphoric acid groups is 1. The van der Waals surface area contributed by atoms with E-state index in [1.54, 1.807) is 0 Å². The second-order valence-corrected chi connectivity index (χ2v) is 2.22. The molecule has 0 radical (unpaired) electrons. The maximum absolute atomic E-state index is 9.58. The van der Waals surface area contributed by atoms with E-state index in [1.807, 2.05) is 0 Å². The maximum atomic E-state index is 9.58. The Bertz CT molecular complexity index is 105. The number of nitrogens with two attached hydrogens (primary N) is 1. The van der Waals surface area contributed by atoms with Crippen molar-refractivity contribution in [1.29, 1.82) is 0 Å². The van der Waals surface area contributed by atoms with Crippen LogP contribution in [0.1, 0.15) is 0 Å². The van der Waals surface area contributed by atoms with Gasteiger partial charge < -0.3 is 24.6 Å². The first kappa shape index (κ1) is 17.6. The number of rotatable bonds is 3. The standard InChI is InChI=1S/C2H8NO4P.2Ag/c3-1-2-7-8(4,5)6;;/h1-3H2,(H2,4,5,6);;/q;2*+1/p-2. The van der Waals surface area contributed by atoms with Gasteiger partial charge in [-0.3, -0.25) is 0 Å². The molecule has 0 aliphatic carbocycles. The fraction of sp³-hybridized carbons (Fsp3) is 1.00. The van der Waals surface area contributed by atoms with Crippen molar-refractivity contribution in [1.82, 2.24) is 0 Å². The minimum absolute atomic E-state index is 0. The molecule has 10 heavy (non-hydrogen) atoms. The molecule has 0 spiro atoms. The molecule has 0 saturated carbocycles. The summed E-state index contributed by atoms with van der Waals surface area (Å²) in [6, 6.07) is 0. The average Bonchev–Trinajstić information content (AvgIpc) is 1.59. The largest absolute Gasteiger partial charge is 1.00 e. The molecule has 0 fully saturated rings. The topological polar surface area (TPSA) is 98.4 Å². The summed E-state index contributed by atoms with van der Waals surface area (Å²) in [5, 5.41) is 0. The van der Waals surface area contributed by atoms with Gasteiger partial charge in [0.15, 0.2) is 0 Å². The van der Waals surface area contributed by atoms with E-state index in [1.165, 1.54) is 0 Å². The Labute approximate surface area is 90.0 Å². The summed E-state index contributed by atoms with van der Waals surface area (Å²) in [5.41, 5.74) is 4.81. The van der Waals surface area contributed by atoms with Crippen LogP contribution >= 0.6 is 7.82 Å². The van der Waals surface area contributed by atoms with Crippen LogP contribution in [-0.2, 0) is 53.8 Å². The summed E-state index contributed by atoms with van der Waals surface area (Å²) in [6.07, 6.45) is 0. The van der Waals surface area contributed by atoms with Gasteiger partial charge in [-0.1, -0.05) is 0 Å². The Morgan fingerprint density at radius 2 is 1.80 bits per heavy atom. The molecule has 5 nitrogen and oxygen atoms in total. The molecule has 0 unspecified atom stereocenters. The second kappa shape index (κ2) is 8.65. The zero-order valence-corrected chi connectivity index (χ0v) is 8.53. The van der Waals surface area contributed by atoms with E-state index in [0.717, 1.165) is 0 Å². The van der Waals surface area contributed by atoms with Crippen LogP contribution in [0.4, 0.5) is 0 Å². The predicted molar refractivity (Wildman–Crippen MR) is 22.6 cm³/mol. The zero-order valence-electron chi connectivity index (χ0n) is 4.67. The van der Waals surface area contributed by atoms with E-state index >= 15 is 0 Å². The van der Waals surface area contributed by atoms with Gasteiger partial charge >= 0.3 is 44.8 Å². The van der Waals surface area contributed by atoms with Crippen molar-refractivity contribution in [2.45, 2.75) is 0 Å². The van der Waals surface area contributed by atoms with Gasteiger partial charge in [0.2, 0.25) is 0 Å². The van der Waals surface area contributed by atoms with Gasteiger partial charge in [0, 0.05) is 6.54 Å². The minimum atomic E-state index is -4.76. The van der Waals surface area contributed by atoms with Crippen molar-refractivity contribution in [3.05, 3.63) is 0 Å². The molecule has 0 heterocycles. The van der Waals surface area contributed by atoms with Crippen molar-refractivity contribution in [3.63, 3.8) is 0 Å². The molecule has 0 bridgehead atoms. The van der Waals surface area contributed by atoms with Gasteiger partial charge in [-0.25, -0.2) is 0 Å². The fourth-order valence-electron chi connectivity index (χ4n) is 0.165. The van der Waals surface area contributed by atoms with Crippen LogP contribution in [0.2, 0.25) is 0 Å². The van der Waals surface area contributed by atoms with Crippen LogP contribution in [0.5, 0.6) is 0 Å². The third kappa shape index (κ3) is 16.3. The molecule has 0 aliphatic rings. The first-order valence-corrected chi connectivity index (χ1v) is 3.39. The smallest absolute Gasteiger partial charge is 0.790 e. The van der Waals surface area contributed by atoms with Crippen LogP contribution in [0.15, 0.2) is 0 Å². The molecule has 0 amide bonds. The van der Waals surface area contributed by atoms with Gasteiger partial charge in [0.1, 0.15) is 0 Å². The van der Waals surface area contributed by atoms with Crippen molar-refractivity contribution < 1.29 is 63.6 Å². The molecule has 0 atom stereocenters. The summed E-state index contributed by atoms with van der Waals surface area (Å²) in [5.74, 6) is 0. The third-order valence-electron chi connectivity index (χ3n) is 0.367. The second-order valence-electron chi connectivity index (χ2n) is 1.07. The van der Waals surface area contributed by atoms with E-state index in [4.69, 9.17) is 5.73 Å². The summed E-state index contributed by atoms with van der Waals surface area (Å²) in [7, 11) is -4.76. The molecule has 70 valence electrons. The monoisotopic (exact) mass is 353 g/mol. The third-order valence-corrected chi connectivity index (χ3v) is 0.866. The first-order chi connectivity index (χ1) is 3.56. The summed E-state index contributed by atoms with van der Waals surface area (Å²) in [6.45, 7) is -0.196. The molecule has 0 rings (SSSR count). The molecule has 0 aliphatic heterocycles. The van der Waals surface area contributed by atoms with Crippen molar-refractivity contribution in [2.75, 3.05) is 13.2 Å². The molecule has 0 aromatic rings. The fourth-order valence-corrected chi connectivity index (χ4v) is 0.494. The maximum Gasteiger partial charge on any atom is 1.00 e. The van der Waals surface area contributed by atoms with Crippen LogP contribution in [0, 0.1) is 0 Å². The molecular weight excluding hydrogens is 349 g/mol. The number of phosphoric ester groups is 1. The van der Waals surface area contributed by atoms with Gasteiger partial charge in [-0.05, 0) is 0 Å². The van der Waals surface area contributed by atoms with E-state index < -0.39 is 7.82 Å². The zero-order chi connectivity index (χ0) is 6.62. The van der Waals surface area contributed by atoms with Gasteiger partial charge in [-0.15, -0.1) is 0 Å². The molecule has 0 aromatic carbocycles. The van der Waals surface area contributed by atoms with E-state index in [0.29, 0.717) is 0 Å². The first-order valence-electron chi connectivity index (χ1n) is 1.93. The normalized spacial score (nSPS) is 9.50. The van der Waals surface area contributed by atoms with E-state index in [2.05, 4.69) is 4.52 Å². The quantitative estimate of drug-likeness (QED) is 0.457. The Morgan fingerprint density at radius 3 is 1.90 bits per heavy atom. The minimum Gasteiger partial charge on any atom is -0.790 e. The van der Waals surface area contributed by atoms with Crippen LogP contribution in [0.3, 0.4) is 0 Å². The van der Waals surface area contributed by atoms with Crippen molar-refractivity contribution in [2.24, 2.45) is 5.73 Å². The Balaban J connectivity index is -0.000000245. The van der Waals surface area contributed by atoms with Crippen LogP contribution in [-0.4, -0.2) is 13.2 Å². The average molecular weight is 355 g/mol. The Hall–Kier alpha value is 1.55. The van der Waals surface area contributed by atoms with Crippen molar-refractivity contribution in [3.8, 4) is 0 Å². The van der Waals surface area contributed by atoms with Gasteiger partial charge in [0.25, 0.3) is 0 Å². The molecule has 0 aromatic heterocycles. The Kier molecular flexibility index (Phi) is 15.2. The van der Waals surface area contributed by atoms with Gasteiger partial charge in [0.05, 0.1) is 14.4 Å².